The van der Waals surface area contributed by atoms with Crippen molar-refractivity contribution in [3.8, 4) is 0 Å². The zero-order valence-electron chi connectivity index (χ0n) is 23.1. The number of hydrogen-bond donors (Lipinski definition) is 3. The third-order valence-corrected chi connectivity index (χ3v) is 7.85. The van der Waals surface area contributed by atoms with Crippen LogP contribution in [0.1, 0.15) is 73.4 Å². The van der Waals surface area contributed by atoms with Crippen molar-refractivity contribution in [3.63, 3.8) is 0 Å². The molecule has 1 fully saturated rings. The Kier molecular flexibility index (Phi) is 9.89. The molecule has 3 aromatic carbocycles. The van der Waals surface area contributed by atoms with Gasteiger partial charge in [0.2, 0.25) is 5.91 Å². The molecule has 1 heterocycles. The Balaban J connectivity index is 1.49. The van der Waals surface area contributed by atoms with Crippen LogP contribution in [0.25, 0.3) is 0 Å². The lowest BCUT2D eigenvalue weighted by Gasteiger charge is -2.48. The lowest BCUT2D eigenvalue weighted by atomic mass is 9.78. The van der Waals surface area contributed by atoms with Crippen LogP contribution in [0.15, 0.2) is 72.8 Å². The summed E-state index contributed by atoms with van der Waals surface area (Å²) in [7, 11) is 0. The number of aliphatic carboxylic acids is 2. The van der Waals surface area contributed by atoms with Gasteiger partial charge in [-0.3, -0.25) is 14.4 Å². The quantitative estimate of drug-likeness (QED) is 0.162. The van der Waals surface area contributed by atoms with Crippen molar-refractivity contribution in [2.45, 2.75) is 64.0 Å². The van der Waals surface area contributed by atoms with Gasteiger partial charge >= 0.3 is 11.9 Å². The number of carboxylic acids is 2. The van der Waals surface area contributed by atoms with Gasteiger partial charge in [0, 0.05) is 5.69 Å². The second-order valence-electron chi connectivity index (χ2n) is 10.7. The summed E-state index contributed by atoms with van der Waals surface area (Å²) in [6.45, 7) is 2.12. The normalized spacial score (nSPS) is 17.4. The number of carboxylic acid groups (broad SMARTS) is 2. The van der Waals surface area contributed by atoms with Crippen molar-refractivity contribution in [2.75, 3.05) is 4.90 Å². The number of carbonyl (C=O) groups is 3. The molecule has 8 heteroatoms. The fraction of sp³-hybridized carbons (Fsp3) is 0.364. The van der Waals surface area contributed by atoms with E-state index in [0.29, 0.717) is 31.2 Å². The van der Waals surface area contributed by atoms with Gasteiger partial charge in [-0.15, -0.1) is 0 Å². The Bertz CT molecular complexity index is 1330. The van der Waals surface area contributed by atoms with Crippen LogP contribution >= 0.6 is 0 Å². The van der Waals surface area contributed by atoms with Gasteiger partial charge in [0.05, 0.1) is 18.1 Å². The lowest BCUT2D eigenvalue weighted by Crippen LogP contribution is -2.55. The second kappa shape index (κ2) is 13.5. The molecule has 4 rings (SSSR count). The molecule has 0 aliphatic carbocycles. The van der Waals surface area contributed by atoms with E-state index in [-0.39, 0.29) is 30.1 Å². The lowest BCUT2D eigenvalue weighted by molar-refractivity contribution is -0.154. The predicted octanol–water partition coefficient (Wildman–Crippen LogP) is 6.10. The number of carbonyl (C=O) groups excluding carboxylic acids is 1. The molecule has 0 spiro atoms. The molecule has 1 saturated heterocycles. The van der Waals surface area contributed by atoms with Crippen molar-refractivity contribution in [1.82, 2.24) is 0 Å². The van der Waals surface area contributed by atoms with Gasteiger partial charge in [-0.2, -0.15) is 0 Å². The highest BCUT2D eigenvalue weighted by atomic mass is 19.1. The number of halogens is 1. The van der Waals surface area contributed by atoms with Gasteiger partial charge < -0.3 is 20.2 Å². The summed E-state index contributed by atoms with van der Waals surface area (Å²) in [6.07, 6.45) is 3.00. The van der Waals surface area contributed by atoms with E-state index >= 15 is 0 Å². The number of aliphatic hydroxyl groups is 1. The SMILES string of the molecule is CCCc1ccc(N2C(=O)[C@H](CC[C@H](O)c3ccc(F)cc3)[C@H]2c2ccc(CCCC(C(=O)O)C(=O)O)cc2)cc1. The molecule has 3 atom stereocenters. The van der Waals surface area contributed by atoms with Gasteiger partial charge in [-0.05, 0) is 85.0 Å². The average molecular weight is 562 g/mol. The average Bonchev–Trinajstić information content (AvgIpc) is 2.95. The van der Waals surface area contributed by atoms with E-state index in [0.717, 1.165) is 29.7 Å². The molecule has 3 N–H and O–H groups in total. The molecule has 7 nitrogen and oxygen atoms in total. The molecular weight excluding hydrogens is 525 g/mol. The Morgan fingerprint density at radius 2 is 1.44 bits per heavy atom. The first kappa shape index (κ1) is 29.9. The maximum atomic E-state index is 13.4. The first-order valence-corrected chi connectivity index (χ1v) is 14.1. The highest BCUT2D eigenvalue weighted by Gasteiger charge is 2.48. The number of hydrogen-bond acceptors (Lipinski definition) is 4. The number of β-lactam (4-membered cyclic amide) rings is 1. The van der Waals surface area contributed by atoms with Gasteiger partial charge in [-0.25, -0.2) is 4.39 Å². The van der Waals surface area contributed by atoms with Gasteiger partial charge in [0.25, 0.3) is 0 Å². The van der Waals surface area contributed by atoms with Gasteiger partial charge in [0.15, 0.2) is 5.92 Å². The van der Waals surface area contributed by atoms with Crippen LogP contribution in [0.4, 0.5) is 10.1 Å². The first-order chi connectivity index (χ1) is 19.7. The molecule has 1 aliphatic rings. The van der Waals surface area contributed by atoms with Crippen molar-refractivity contribution in [1.29, 1.82) is 0 Å². The Labute approximate surface area is 239 Å². The van der Waals surface area contributed by atoms with Crippen molar-refractivity contribution in [3.05, 3.63) is 101 Å². The smallest absolute Gasteiger partial charge is 0.317 e. The highest BCUT2D eigenvalue weighted by Crippen LogP contribution is 2.46. The molecule has 41 heavy (non-hydrogen) atoms. The van der Waals surface area contributed by atoms with Crippen LogP contribution in [0, 0.1) is 17.7 Å². The Morgan fingerprint density at radius 1 is 0.854 bits per heavy atom. The summed E-state index contributed by atoms with van der Waals surface area (Å²) in [5, 5.41) is 28.9. The molecular formula is C33H36FNO6. The van der Waals surface area contributed by atoms with E-state index < -0.39 is 24.0 Å². The Morgan fingerprint density at radius 3 is 2.02 bits per heavy atom. The molecule has 0 saturated carbocycles. The number of amides is 1. The summed E-state index contributed by atoms with van der Waals surface area (Å²) < 4.78 is 13.3. The molecule has 1 amide bonds. The van der Waals surface area contributed by atoms with Gasteiger partial charge in [-0.1, -0.05) is 61.9 Å². The van der Waals surface area contributed by atoms with Gasteiger partial charge in [0.1, 0.15) is 5.82 Å². The fourth-order valence-electron chi connectivity index (χ4n) is 5.54. The number of rotatable bonds is 14. The van der Waals surface area contributed by atoms with E-state index in [1.54, 1.807) is 17.0 Å². The summed E-state index contributed by atoms with van der Waals surface area (Å²) in [6, 6.07) is 21.3. The minimum Gasteiger partial charge on any atom is -0.481 e. The zero-order valence-corrected chi connectivity index (χ0v) is 23.1. The molecule has 3 aromatic rings. The standard InChI is InChI=1S/C33H36FNO6/c1-2-4-21-9-17-26(18-10-21)35-30(27(31(35)37)19-20-29(36)23-13-15-25(34)16-14-23)24-11-7-22(8-12-24)5-3-6-28(32(38)39)33(40)41/h7-18,27-30,36H,2-6,19-20H2,1H3,(H,38,39)(H,40,41)/t27-,29+,30-/m1/s1. The van der Waals surface area contributed by atoms with Crippen LogP contribution in [0.2, 0.25) is 0 Å². The number of anilines is 1. The van der Waals surface area contributed by atoms with Crippen molar-refractivity contribution < 1.29 is 34.1 Å². The summed E-state index contributed by atoms with van der Waals surface area (Å²) in [4.78, 5) is 37.5. The van der Waals surface area contributed by atoms with E-state index in [1.807, 2.05) is 48.5 Å². The summed E-state index contributed by atoms with van der Waals surface area (Å²) >= 11 is 0. The van der Waals surface area contributed by atoms with E-state index in [1.165, 1.54) is 17.7 Å². The van der Waals surface area contributed by atoms with Crippen LogP contribution in [-0.2, 0) is 27.2 Å². The Hall–Kier alpha value is -4.04. The molecule has 1 aliphatic heterocycles. The molecule has 0 radical (unpaired) electrons. The van der Waals surface area contributed by atoms with Crippen LogP contribution in [0.5, 0.6) is 0 Å². The van der Waals surface area contributed by atoms with E-state index in [2.05, 4.69) is 6.92 Å². The van der Waals surface area contributed by atoms with E-state index in [4.69, 9.17) is 10.2 Å². The number of aryl methyl sites for hydroxylation is 2. The molecule has 216 valence electrons. The predicted molar refractivity (Wildman–Crippen MR) is 153 cm³/mol. The fourth-order valence-corrected chi connectivity index (χ4v) is 5.54. The number of aliphatic hydroxyl groups excluding tert-OH is 1. The number of nitrogens with zero attached hydrogens (tertiary/aromatic N) is 1. The van der Waals surface area contributed by atoms with E-state index in [9.17, 15) is 23.9 Å². The highest BCUT2D eigenvalue weighted by molar-refractivity contribution is 6.03. The van der Waals surface area contributed by atoms with Crippen LogP contribution in [0.3, 0.4) is 0 Å². The van der Waals surface area contributed by atoms with Crippen molar-refractivity contribution in [2.24, 2.45) is 11.8 Å². The third-order valence-electron chi connectivity index (χ3n) is 7.85. The van der Waals surface area contributed by atoms with Crippen molar-refractivity contribution >= 4 is 23.5 Å². The number of benzene rings is 3. The molecule has 0 aromatic heterocycles. The largest absolute Gasteiger partial charge is 0.481 e. The second-order valence-corrected chi connectivity index (χ2v) is 10.7. The summed E-state index contributed by atoms with van der Waals surface area (Å²) in [5.74, 6) is -4.80. The maximum Gasteiger partial charge on any atom is 0.317 e. The zero-order chi connectivity index (χ0) is 29.5. The minimum absolute atomic E-state index is 0.0120. The molecule has 0 unspecified atom stereocenters. The third kappa shape index (κ3) is 7.19. The summed E-state index contributed by atoms with van der Waals surface area (Å²) in [5.41, 5.74) is 4.52. The first-order valence-electron chi connectivity index (χ1n) is 14.1. The van der Waals surface area contributed by atoms with Crippen LogP contribution in [-0.4, -0.2) is 33.2 Å². The minimum atomic E-state index is -1.42. The topological polar surface area (TPSA) is 115 Å². The molecule has 0 bridgehead atoms. The van der Waals surface area contributed by atoms with Crippen LogP contribution < -0.4 is 4.90 Å². The maximum absolute atomic E-state index is 13.4. The monoisotopic (exact) mass is 561 g/mol.